The summed E-state index contributed by atoms with van der Waals surface area (Å²) in [5.41, 5.74) is 12.6. The van der Waals surface area contributed by atoms with Crippen LogP contribution in [0.2, 0.25) is 0 Å². The van der Waals surface area contributed by atoms with Gasteiger partial charge in [0, 0.05) is 5.46 Å². The molecule has 0 bridgehead atoms. The van der Waals surface area contributed by atoms with Crippen LogP contribution in [0.3, 0.4) is 0 Å². The third-order valence-electron chi connectivity index (χ3n) is 11.5. The van der Waals surface area contributed by atoms with Gasteiger partial charge in [0.05, 0.1) is 5.41 Å². The predicted molar refractivity (Wildman–Crippen MR) is 225 cm³/mol. The van der Waals surface area contributed by atoms with Gasteiger partial charge in [-0.15, -0.1) is 0 Å². The largest absolute Gasteiger partial charge is 0.458 e. The first kappa shape index (κ1) is 34.0. The lowest BCUT2D eigenvalue weighted by atomic mass is 9.34. The Morgan fingerprint density at radius 3 is 1.11 bits per heavy atom. The van der Waals surface area contributed by atoms with Crippen LogP contribution in [-0.4, -0.2) is 6.71 Å². The minimum Gasteiger partial charge on any atom is -0.458 e. The zero-order valence-corrected chi connectivity index (χ0v) is 32.0. The Balaban J connectivity index is 1.20. The van der Waals surface area contributed by atoms with Gasteiger partial charge >= 0.3 is 0 Å². The molecule has 0 spiro atoms. The molecule has 0 fully saturated rings. The van der Waals surface area contributed by atoms with Gasteiger partial charge in [-0.05, 0) is 90.5 Å². The number of fused-ring (bicyclic) bond motifs is 4. The highest BCUT2D eigenvalue weighted by Gasteiger charge is 2.42. The monoisotopic (exact) mass is 700 g/mol. The first-order valence-corrected chi connectivity index (χ1v) is 19.1. The quantitative estimate of drug-likeness (QED) is 0.131. The molecule has 0 aromatic heterocycles. The average Bonchev–Trinajstić information content (AvgIpc) is 3.18. The molecule has 0 amide bonds. The molecule has 2 aliphatic heterocycles. The van der Waals surface area contributed by atoms with Gasteiger partial charge < -0.3 is 9.47 Å². The number of hydrogen-bond donors (Lipinski definition) is 0. The third-order valence-corrected chi connectivity index (χ3v) is 11.5. The van der Waals surface area contributed by atoms with Crippen molar-refractivity contribution in [1.29, 1.82) is 0 Å². The van der Waals surface area contributed by atoms with Gasteiger partial charge in [0.25, 0.3) is 6.71 Å². The van der Waals surface area contributed by atoms with E-state index in [4.69, 9.17) is 9.47 Å². The molecule has 7 aromatic carbocycles. The normalized spacial score (nSPS) is 13.3. The smallest absolute Gasteiger partial charge is 0.260 e. The average molecular weight is 701 g/mol. The van der Waals surface area contributed by atoms with Crippen LogP contribution in [0.1, 0.15) is 74.9 Å². The fraction of sp³-hybridized carbons (Fsp3) is 0.176. The fourth-order valence-corrected chi connectivity index (χ4v) is 8.58. The van der Waals surface area contributed by atoms with Gasteiger partial charge in [0.1, 0.15) is 23.0 Å². The molecule has 7 aromatic rings. The molecule has 0 saturated carbocycles. The molecule has 0 saturated heterocycles. The first-order chi connectivity index (χ1) is 26.0. The summed E-state index contributed by atoms with van der Waals surface area (Å²) in [7, 11) is 0. The van der Waals surface area contributed by atoms with Gasteiger partial charge in [-0.25, -0.2) is 0 Å². The molecule has 3 heteroatoms. The maximum Gasteiger partial charge on any atom is 0.260 e. The topological polar surface area (TPSA) is 18.5 Å². The van der Waals surface area contributed by atoms with E-state index >= 15 is 0 Å². The molecule has 264 valence electrons. The highest BCUT2D eigenvalue weighted by molar-refractivity contribution is 6.98. The lowest BCUT2D eigenvalue weighted by Gasteiger charge is -2.37. The molecule has 0 aliphatic carbocycles. The van der Waals surface area contributed by atoms with Crippen molar-refractivity contribution < 1.29 is 9.47 Å². The van der Waals surface area contributed by atoms with Crippen molar-refractivity contribution in [2.75, 3.05) is 0 Å². The molecule has 0 N–H and O–H groups in total. The lowest BCUT2D eigenvalue weighted by molar-refractivity contribution is 0.464. The van der Waals surface area contributed by atoms with E-state index in [1.54, 1.807) is 0 Å². The van der Waals surface area contributed by atoms with E-state index in [2.05, 4.69) is 205 Å². The molecule has 54 heavy (non-hydrogen) atoms. The highest BCUT2D eigenvalue weighted by Crippen LogP contribution is 2.46. The Hall–Kier alpha value is -5.80. The summed E-state index contributed by atoms with van der Waals surface area (Å²) in [4.78, 5) is 0. The lowest BCUT2D eigenvalue weighted by Crippen LogP contribution is -2.57. The van der Waals surface area contributed by atoms with Crippen molar-refractivity contribution >= 4 is 23.1 Å². The van der Waals surface area contributed by atoms with Crippen LogP contribution >= 0.6 is 0 Å². The maximum absolute atomic E-state index is 6.84. The Labute approximate surface area is 320 Å². The van der Waals surface area contributed by atoms with Crippen LogP contribution in [0.5, 0.6) is 23.0 Å². The summed E-state index contributed by atoms with van der Waals surface area (Å²) < 4.78 is 13.7. The molecular weight excluding hydrogens is 655 g/mol. The summed E-state index contributed by atoms with van der Waals surface area (Å²) in [6.45, 7) is 13.6. The number of benzene rings is 7. The number of hydrogen-bond acceptors (Lipinski definition) is 2. The van der Waals surface area contributed by atoms with Gasteiger partial charge in [-0.3, -0.25) is 0 Å². The second kappa shape index (κ2) is 12.7. The summed E-state index contributed by atoms with van der Waals surface area (Å²) >= 11 is 0. The van der Waals surface area contributed by atoms with Crippen molar-refractivity contribution in [2.24, 2.45) is 0 Å². The van der Waals surface area contributed by atoms with E-state index in [9.17, 15) is 0 Å². The molecular formula is C51H45BO2. The Kier molecular flexibility index (Phi) is 7.97. The standard InChI is InChI=1S/C51H45BO2/c1-49(2,3)40-26-28-44-42(32-40)52-43-33-41(50(4,5)6)27-29-45(43)54-47-31-35(30-46(53-44)48(47)52)34-22-24-39(25-23-34)51(36-16-10-7-11-17-36,37-18-12-8-13-19-37)38-20-14-9-15-21-38/h7-33H,1-6H3. The minimum atomic E-state index is -0.505. The molecule has 0 unspecified atom stereocenters. The van der Waals surface area contributed by atoms with Crippen LogP contribution in [0.15, 0.2) is 164 Å². The van der Waals surface area contributed by atoms with E-state index in [1.807, 2.05) is 0 Å². The number of ether oxygens (including phenoxy) is 2. The van der Waals surface area contributed by atoms with Crippen LogP contribution in [-0.2, 0) is 16.2 Å². The molecule has 9 rings (SSSR count). The molecule has 2 heterocycles. The fourth-order valence-electron chi connectivity index (χ4n) is 8.58. The molecule has 2 nitrogen and oxygen atoms in total. The predicted octanol–water partition coefficient (Wildman–Crippen LogP) is 11.1. The Morgan fingerprint density at radius 2 is 0.722 bits per heavy atom. The zero-order valence-electron chi connectivity index (χ0n) is 32.0. The van der Waals surface area contributed by atoms with Gasteiger partial charge in [0.2, 0.25) is 0 Å². The van der Waals surface area contributed by atoms with Crippen molar-refractivity contribution in [3.05, 3.63) is 197 Å². The first-order valence-electron chi connectivity index (χ1n) is 19.1. The van der Waals surface area contributed by atoms with Crippen LogP contribution < -0.4 is 25.9 Å². The van der Waals surface area contributed by atoms with Crippen LogP contribution in [0, 0.1) is 0 Å². The van der Waals surface area contributed by atoms with Crippen LogP contribution in [0.4, 0.5) is 0 Å². The molecule has 0 radical (unpaired) electrons. The van der Waals surface area contributed by atoms with E-state index in [0.717, 1.165) is 39.6 Å². The second-order valence-electron chi connectivity index (χ2n) is 17.0. The zero-order chi connectivity index (χ0) is 37.2. The minimum absolute atomic E-state index is 0.00626. The van der Waals surface area contributed by atoms with E-state index in [0.29, 0.717) is 0 Å². The Morgan fingerprint density at radius 1 is 0.352 bits per heavy atom. The number of rotatable bonds is 5. The summed E-state index contributed by atoms with van der Waals surface area (Å²) in [6, 6.07) is 59.6. The third kappa shape index (κ3) is 5.57. The van der Waals surface area contributed by atoms with Gasteiger partial charge in [-0.2, -0.15) is 0 Å². The second-order valence-corrected chi connectivity index (χ2v) is 17.0. The summed E-state index contributed by atoms with van der Waals surface area (Å²) in [5.74, 6) is 3.52. The highest BCUT2D eigenvalue weighted by atomic mass is 16.5. The maximum atomic E-state index is 6.84. The Bertz CT molecular complexity index is 2300. The summed E-state index contributed by atoms with van der Waals surface area (Å²) in [6.07, 6.45) is 0. The summed E-state index contributed by atoms with van der Waals surface area (Å²) in [5, 5.41) is 0. The van der Waals surface area contributed by atoms with E-state index < -0.39 is 5.41 Å². The molecule has 0 atom stereocenters. The van der Waals surface area contributed by atoms with Crippen molar-refractivity contribution in [3.8, 4) is 34.1 Å². The van der Waals surface area contributed by atoms with Crippen molar-refractivity contribution in [1.82, 2.24) is 0 Å². The van der Waals surface area contributed by atoms with Gasteiger partial charge in [0.15, 0.2) is 0 Å². The van der Waals surface area contributed by atoms with Crippen LogP contribution in [0.25, 0.3) is 11.1 Å². The van der Waals surface area contributed by atoms with Crippen molar-refractivity contribution in [2.45, 2.75) is 57.8 Å². The van der Waals surface area contributed by atoms with Crippen molar-refractivity contribution in [3.63, 3.8) is 0 Å². The SMILES string of the molecule is CC(C)(C)c1ccc2c(c1)B1c3cc(C(C)(C)C)ccc3Oc3cc(-c4ccc(C(c5ccccc5)(c5ccccc5)c5ccccc5)cc4)cc(c31)O2. The van der Waals surface area contributed by atoms with E-state index in [-0.39, 0.29) is 17.5 Å². The molecule has 2 aliphatic rings. The van der Waals surface area contributed by atoms with Gasteiger partial charge in [-0.1, -0.05) is 181 Å². The van der Waals surface area contributed by atoms with E-state index in [1.165, 1.54) is 44.3 Å².